The zero-order valence-electron chi connectivity index (χ0n) is 16.6. The number of thiazole rings is 1. The lowest BCUT2D eigenvalue weighted by molar-refractivity contribution is -0.116. The first-order chi connectivity index (χ1) is 14.0. The van der Waals surface area contributed by atoms with Crippen LogP contribution in [0.1, 0.15) is 17.5 Å². The fourth-order valence-corrected chi connectivity index (χ4v) is 5.39. The van der Waals surface area contributed by atoms with Gasteiger partial charge in [0.05, 0.1) is 21.7 Å². The second-order valence-corrected chi connectivity index (χ2v) is 9.19. The molecule has 3 aromatic rings. The smallest absolute Gasteiger partial charge is 0.258 e. The van der Waals surface area contributed by atoms with E-state index in [2.05, 4.69) is 36.2 Å². The van der Waals surface area contributed by atoms with E-state index in [0.29, 0.717) is 4.80 Å². The monoisotopic (exact) mass is 425 g/mol. The van der Waals surface area contributed by atoms with Crippen LogP contribution in [0.4, 0.5) is 5.69 Å². The zero-order valence-corrected chi connectivity index (χ0v) is 18.2. The summed E-state index contributed by atoms with van der Waals surface area (Å²) < 4.78 is 3.06. The molecular formula is C22H23N3O2S2. The Labute approximate surface area is 178 Å². The molecule has 0 aliphatic carbocycles. The number of amides is 2. The molecule has 0 fully saturated rings. The summed E-state index contributed by atoms with van der Waals surface area (Å²) in [4.78, 5) is 31.8. The van der Waals surface area contributed by atoms with E-state index in [4.69, 9.17) is 0 Å². The maximum Gasteiger partial charge on any atom is 0.258 e. The molecule has 150 valence electrons. The van der Waals surface area contributed by atoms with Gasteiger partial charge in [0.2, 0.25) is 5.91 Å². The van der Waals surface area contributed by atoms with E-state index in [0.717, 1.165) is 35.3 Å². The number of carbonyl (C=O) groups excluding carboxylic acids is 2. The van der Waals surface area contributed by atoms with Crippen LogP contribution in [-0.2, 0) is 23.1 Å². The van der Waals surface area contributed by atoms with Crippen molar-refractivity contribution < 1.29 is 9.59 Å². The van der Waals surface area contributed by atoms with Crippen molar-refractivity contribution in [3.05, 3.63) is 58.4 Å². The molecule has 5 nitrogen and oxygen atoms in total. The quantitative estimate of drug-likeness (QED) is 0.641. The van der Waals surface area contributed by atoms with E-state index in [1.165, 1.54) is 34.2 Å². The Balaban J connectivity index is 1.39. The predicted molar refractivity (Wildman–Crippen MR) is 121 cm³/mol. The van der Waals surface area contributed by atoms with Gasteiger partial charge in [0.15, 0.2) is 4.80 Å². The summed E-state index contributed by atoms with van der Waals surface area (Å²) in [6, 6.07) is 14.3. The van der Waals surface area contributed by atoms with Gasteiger partial charge in [-0.25, -0.2) is 0 Å². The molecule has 2 amide bonds. The maximum atomic E-state index is 12.7. The lowest BCUT2D eigenvalue weighted by atomic mass is 10.0. The number of carbonyl (C=O) groups is 2. The number of nitrogens with zero attached hydrogens (tertiary/aromatic N) is 3. The van der Waals surface area contributed by atoms with E-state index in [1.54, 1.807) is 0 Å². The molecule has 0 radical (unpaired) electrons. The largest absolute Gasteiger partial charge is 0.319 e. The number of benzene rings is 2. The highest BCUT2D eigenvalue weighted by Gasteiger charge is 2.22. The number of rotatable bonds is 4. The number of aryl methyl sites for hydroxylation is 3. The van der Waals surface area contributed by atoms with Gasteiger partial charge in [0, 0.05) is 19.3 Å². The van der Waals surface area contributed by atoms with Gasteiger partial charge in [-0.05, 0) is 49.1 Å². The molecule has 0 spiro atoms. The molecule has 7 heteroatoms. The third-order valence-electron chi connectivity index (χ3n) is 5.05. The lowest BCUT2D eigenvalue weighted by Gasteiger charge is -2.29. The van der Waals surface area contributed by atoms with Gasteiger partial charge < -0.3 is 9.47 Å². The SMILES string of the molecule is Cc1ccc2c(c1)sc(=NC(=O)CSCC(=O)N1CCCc3ccccc31)n2C. The van der Waals surface area contributed by atoms with Crippen LogP contribution in [0.2, 0.25) is 0 Å². The van der Waals surface area contributed by atoms with Crippen LogP contribution in [0.25, 0.3) is 10.2 Å². The molecule has 1 aliphatic rings. The average Bonchev–Trinajstić information content (AvgIpc) is 3.01. The number of aromatic nitrogens is 1. The van der Waals surface area contributed by atoms with Crippen LogP contribution in [0.3, 0.4) is 0 Å². The normalized spacial score (nSPS) is 14.3. The molecule has 1 aliphatic heterocycles. The predicted octanol–water partition coefficient (Wildman–Crippen LogP) is 3.69. The molecule has 29 heavy (non-hydrogen) atoms. The third-order valence-corrected chi connectivity index (χ3v) is 7.04. The molecule has 0 bridgehead atoms. The second-order valence-electron chi connectivity index (χ2n) is 7.19. The minimum absolute atomic E-state index is 0.0536. The molecule has 0 saturated heterocycles. The lowest BCUT2D eigenvalue weighted by Crippen LogP contribution is -2.36. The number of fused-ring (bicyclic) bond motifs is 2. The van der Waals surface area contributed by atoms with Crippen molar-refractivity contribution in [3.63, 3.8) is 0 Å². The average molecular weight is 426 g/mol. The summed E-state index contributed by atoms with van der Waals surface area (Å²) in [7, 11) is 1.92. The highest BCUT2D eigenvalue weighted by Crippen LogP contribution is 2.27. The van der Waals surface area contributed by atoms with E-state index < -0.39 is 0 Å². The van der Waals surface area contributed by atoms with Gasteiger partial charge in [0.1, 0.15) is 0 Å². The van der Waals surface area contributed by atoms with Crippen molar-refractivity contribution in [1.29, 1.82) is 0 Å². The van der Waals surface area contributed by atoms with Gasteiger partial charge in [-0.1, -0.05) is 35.6 Å². The Hall–Kier alpha value is -2.38. The van der Waals surface area contributed by atoms with E-state index in [1.807, 2.05) is 34.7 Å². The molecule has 0 N–H and O–H groups in total. The first-order valence-corrected chi connectivity index (χ1v) is 11.6. The summed E-state index contributed by atoms with van der Waals surface area (Å²) in [5.41, 5.74) is 4.48. The maximum absolute atomic E-state index is 12.7. The Morgan fingerprint density at radius 2 is 2.00 bits per heavy atom. The fourth-order valence-electron chi connectivity index (χ4n) is 3.58. The van der Waals surface area contributed by atoms with Gasteiger partial charge in [-0.2, -0.15) is 4.99 Å². The highest BCUT2D eigenvalue weighted by atomic mass is 32.2. The number of hydrogen-bond acceptors (Lipinski definition) is 4. The summed E-state index contributed by atoms with van der Waals surface area (Å²) in [5, 5.41) is 0. The molecule has 0 atom stereocenters. The van der Waals surface area contributed by atoms with Gasteiger partial charge in [-0.15, -0.1) is 11.8 Å². The Bertz CT molecular complexity index is 1150. The van der Waals surface area contributed by atoms with Crippen LogP contribution in [0.15, 0.2) is 47.5 Å². The molecule has 4 rings (SSSR count). The van der Waals surface area contributed by atoms with Gasteiger partial charge in [-0.3, -0.25) is 9.59 Å². The highest BCUT2D eigenvalue weighted by molar-refractivity contribution is 8.00. The Morgan fingerprint density at radius 3 is 2.86 bits per heavy atom. The molecular weight excluding hydrogens is 402 g/mol. The number of hydrogen-bond donors (Lipinski definition) is 0. The van der Waals surface area contributed by atoms with Gasteiger partial charge in [0.25, 0.3) is 5.91 Å². The third kappa shape index (κ3) is 4.31. The van der Waals surface area contributed by atoms with Crippen molar-refractivity contribution in [2.24, 2.45) is 12.0 Å². The minimum Gasteiger partial charge on any atom is -0.319 e. The summed E-state index contributed by atoms with van der Waals surface area (Å²) in [5.74, 6) is 0.334. The van der Waals surface area contributed by atoms with Crippen molar-refractivity contribution in [3.8, 4) is 0 Å². The van der Waals surface area contributed by atoms with E-state index in [9.17, 15) is 9.59 Å². The topological polar surface area (TPSA) is 54.7 Å². The van der Waals surface area contributed by atoms with Crippen LogP contribution >= 0.6 is 23.1 Å². The molecule has 2 heterocycles. The molecule has 0 unspecified atom stereocenters. The van der Waals surface area contributed by atoms with Crippen molar-refractivity contribution in [2.75, 3.05) is 23.0 Å². The second kappa shape index (κ2) is 8.55. The standard InChI is InChI=1S/C22H23N3O2S2/c1-15-9-10-18-19(12-15)29-22(24(18)2)23-20(26)13-28-14-21(27)25-11-5-7-16-6-3-4-8-17(16)25/h3-4,6,8-10,12H,5,7,11,13-14H2,1-2H3. The minimum atomic E-state index is -0.208. The van der Waals surface area contributed by atoms with E-state index in [-0.39, 0.29) is 23.3 Å². The van der Waals surface area contributed by atoms with E-state index >= 15 is 0 Å². The first-order valence-electron chi connectivity index (χ1n) is 9.62. The number of thioether (sulfide) groups is 1. The Morgan fingerprint density at radius 1 is 1.17 bits per heavy atom. The molecule has 2 aromatic carbocycles. The summed E-state index contributed by atoms with van der Waals surface area (Å²) in [6.07, 6.45) is 1.99. The summed E-state index contributed by atoms with van der Waals surface area (Å²) >= 11 is 2.85. The first kappa shape index (κ1) is 19.9. The van der Waals surface area contributed by atoms with Crippen LogP contribution in [0, 0.1) is 6.92 Å². The van der Waals surface area contributed by atoms with Gasteiger partial charge >= 0.3 is 0 Å². The van der Waals surface area contributed by atoms with Crippen LogP contribution in [0.5, 0.6) is 0 Å². The summed E-state index contributed by atoms with van der Waals surface area (Å²) in [6.45, 7) is 2.79. The van der Waals surface area contributed by atoms with Crippen molar-refractivity contribution >= 4 is 50.8 Å². The number of anilines is 1. The Kier molecular flexibility index (Phi) is 5.87. The zero-order chi connectivity index (χ0) is 20.4. The van der Waals surface area contributed by atoms with Crippen LogP contribution < -0.4 is 9.70 Å². The molecule has 1 aromatic heterocycles. The fraction of sp³-hybridized carbons (Fsp3) is 0.318. The van der Waals surface area contributed by atoms with Crippen molar-refractivity contribution in [1.82, 2.24) is 4.57 Å². The van der Waals surface area contributed by atoms with Crippen LogP contribution in [-0.4, -0.2) is 34.4 Å². The van der Waals surface area contributed by atoms with Crippen molar-refractivity contribution in [2.45, 2.75) is 19.8 Å². The number of para-hydroxylation sites is 1. The molecule has 0 saturated carbocycles.